The standard InChI is InChI=1S/C19H27N5O3/c1-12(2)10-13-6-7-14(11-22-23-19(20)21)24(13)15-8-9-16(25-3)18(27-5)17(15)26-4/h6-9,11-12H,10H2,1-5H3,(H4,20,21,23). The van der Waals surface area contributed by atoms with Gasteiger partial charge in [-0.3, -0.25) is 0 Å². The fourth-order valence-electron chi connectivity index (χ4n) is 2.88. The minimum absolute atomic E-state index is 0.101. The van der Waals surface area contributed by atoms with Gasteiger partial charge in [0.05, 0.1) is 38.9 Å². The Morgan fingerprint density at radius 3 is 2.30 bits per heavy atom. The van der Waals surface area contributed by atoms with Crippen LogP contribution in [0.1, 0.15) is 25.2 Å². The van der Waals surface area contributed by atoms with Crippen LogP contribution in [0.25, 0.3) is 5.69 Å². The van der Waals surface area contributed by atoms with Gasteiger partial charge in [0.25, 0.3) is 0 Å². The Kier molecular flexibility index (Phi) is 6.70. The molecule has 0 fully saturated rings. The van der Waals surface area contributed by atoms with Gasteiger partial charge in [0, 0.05) is 5.69 Å². The molecule has 0 atom stereocenters. The summed E-state index contributed by atoms with van der Waals surface area (Å²) in [5.41, 5.74) is 13.4. The van der Waals surface area contributed by atoms with Crippen molar-refractivity contribution < 1.29 is 14.2 Å². The van der Waals surface area contributed by atoms with Gasteiger partial charge in [0.15, 0.2) is 11.5 Å². The first-order valence-corrected chi connectivity index (χ1v) is 8.54. The summed E-state index contributed by atoms with van der Waals surface area (Å²) < 4.78 is 18.6. The predicted molar refractivity (Wildman–Crippen MR) is 107 cm³/mol. The lowest BCUT2D eigenvalue weighted by Gasteiger charge is -2.19. The summed E-state index contributed by atoms with van der Waals surface area (Å²) in [7, 11) is 4.76. The summed E-state index contributed by atoms with van der Waals surface area (Å²) in [6, 6.07) is 7.77. The summed E-state index contributed by atoms with van der Waals surface area (Å²) in [6.07, 6.45) is 2.47. The van der Waals surface area contributed by atoms with Gasteiger partial charge in [0.1, 0.15) is 0 Å². The van der Waals surface area contributed by atoms with Crippen LogP contribution in [0.5, 0.6) is 17.2 Å². The van der Waals surface area contributed by atoms with Crippen LogP contribution >= 0.6 is 0 Å². The molecule has 2 rings (SSSR count). The lowest BCUT2D eigenvalue weighted by molar-refractivity contribution is 0.323. The van der Waals surface area contributed by atoms with Crippen molar-refractivity contribution in [3.8, 4) is 22.9 Å². The number of guanidine groups is 1. The second kappa shape index (κ2) is 8.98. The van der Waals surface area contributed by atoms with Gasteiger partial charge in [-0.15, -0.1) is 5.10 Å². The second-order valence-electron chi connectivity index (χ2n) is 6.31. The van der Waals surface area contributed by atoms with Crippen molar-refractivity contribution in [2.45, 2.75) is 20.3 Å². The van der Waals surface area contributed by atoms with Gasteiger partial charge in [-0.1, -0.05) is 13.8 Å². The van der Waals surface area contributed by atoms with E-state index in [1.807, 2.05) is 28.8 Å². The third kappa shape index (κ3) is 4.52. The molecular weight excluding hydrogens is 346 g/mol. The van der Waals surface area contributed by atoms with Gasteiger partial charge < -0.3 is 30.2 Å². The van der Waals surface area contributed by atoms with E-state index in [0.717, 1.165) is 23.5 Å². The van der Waals surface area contributed by atoms with E-state index in [0.29, 0.717) is 23.2 Å². The van der Waals surface area contributed by atoms with E-state index in [4.69, 9.17) is 25.7 Å². The van der Waals surface area contributed by atoms with E-state index in [-0.39, 0.29) is 5.96 Å². The zero-order valence-electron chi connectivity index (χ0n) is 16.4. The number of hydrogen-bond donors (Lipinski definition) is 2. The molecule has 1 aromatic heterocycles. The molecule has 0 saturated carbocycles. The molecule has 0 aliphatic carbocycles. The molecule has 27 heavy (non-hydrogen) atoms. The number of benzene rings is 1. The highest BCUT2D eigenvalue weighted by Crippen LogP contribution is 2.42. The van der Waals surface area contributed by atoms with E-state index < -0.39 is 0 Å². The Balaban J connectivity index is 2.70. The Bertz CT molecular complexity index is 836. The number of nitrogens with zero attached hydrogens (tertiary/aromatic N) is 3. The summed E-state index contributed by atoms with van der Waals surface area (Å²) in [5.74, 6) is 2.04. The van der Waals surface area contributed by atoms with Crippen molar-refractivity contribution in [2.75, 3.05) is 21.3 Å². The minimum Gasteiger partial charge on any atom is -0.493 e. The van der Waals surface area contributed by atoms with Gasteiger partial charge in [-0.2, -0.15) is 5.10 Å². The quantitative estimate of drug-likeness (QED) is 0.419. The van der Waals surface area contributed by atoms with Crippen molar-refractivity contribution in [2.24, 2.45) is 27.6 Å². The lowest BCUT2D eigenvalue weighted by Crippen LogP contribution is -2.21. The number of aromatic nitrogens is 1. The fourth-order valence-corrected chi connectivity index (χ4v) is 2.88. The first-order valence-electron chi connectivity index (χ1n) is 8.54. The molecule has 0 spiro atoms. The fraction of sp³-hybridized carbons (Fsp3) is 0.368. The highest BCUT2D eigenvalue weighted by molar-refractivity contribution is 5.82. The average molecular weight is 373 g/mol. The van der Waals surface area contributed by atoms with Crippen LogP contribution in [0.2, 0.25) is 0 Å². The van der Waals surface area contributed by atoms with E-state index in [1.54, 1.807) is 27.5 Å². The second-order valence-corrected chi connectivity index (χ2v) is 6.31. The van der Waals surface area contributed by atoms with Crippen molar-refractivity contribution in [3.05, 3.63) is 35.7 Å². The first-order chi connectivity index (χ1) is 12.9. The topological polar surface area (TPSA) is 109 Å². The Morgan fingerprint density at radius 1 is 1.04 bits per heavy atom. The molecule has 0 amide bonds. The minimum atomic E-state index is -0.101. The summed E-state index contributed by atoms with van der Waals surface area (Å²) in [5, 5.41) is 7.63. The number of rotatable bonds is 8. The number of nitrogens with two attached hydrogens (primary N) is 2. The molecule has 0 bridgehead atoms. The van der Waals surface area contributed by atoms with Crippen LogP contribution < -0.4 is 25.7 Å². The molecule has 1 aromatic carbocycles. The number of ether oxygens (including phenoxy) is 3. The molecule has 8 nitrogen and oxygen atoms in total. The molecule has 2 aromatic rings. The van der Waals surface area contributed by atoms with E-state index in [2.05, 4.69) is 24.1 Å². The van der Waals surface area contributed by atoms with Gasteiger partial charge >= 0.3 is 0 Å². The molecule has 0 saturated heterocycles. The monoisotopic (exact) mass is 373 g/mol. The van der Waals surface area contributed by atoms with E-state index in [1.165, 1.54) is 0 Å². The maximum Gasteiger partial charge on any atom is 0.211 e. The third-order valence-electron chi connectivity index (χ3n) is 3.90. The predicted octanol–water partition coefficient (Wildman–Crippen LogP) is 2.31. The summed E-state index contributed by atoms with van der Waals surface area (Å²) >= 11 is 0. The van der Waals surface area contributed by atoms with Crippen LogP contribution in [0.3, 0.4) is 0 Å². The lowest BCUT2D eigenvalue weighted by atomic mass is 10.1. The molecule has 0 radical (unpaired) electrons. The van der Waals surface area contributed by atoms with E-state index in [9.17, 15) is 0 Å². The molecule has 1 heterocycles. The number of hydrogen-bond acceptors (Lipinski definition) is 5. The summed E-state index contributed by atoms with van der Waals surface area (Å²) in [6.45, 7) is 4.33. The van der Waals surface area contributed by atoms with Gasteiger partial charge in [0.2, 0.25) is 11.7 Å². The van der Waals surface area contributed by atoms with Crippen LogP contribution in [0.4, 0.5) is 0 Å². The van der Waals surface area contributed by atoms with Crippen molar-refractivity contribution in [3.63, 3.8) is 0 Å². The van der Waals surface area contributed by atoms with Crippen molar-refractivity contribution >= 4 is 12.2 Å². The third-order valence-corrected chi connectivity index (χ3v) is 3.90. The van der Waals surface area contributed by atoms with Crippen molar-refractivity contribution in [1.29, 1.82) is 0 Å². The Morgan fingerprint density at radius 2 is 1.74 bits per heavy atom. The van der Waals surface area contributed by atoms with Gasteiger partial charge in [-0.05, 0) is 36.6 Å². The normalized spacial score (nSPS) is 11.0. The van der Waals surface area contributed by atoms with Crippen LogP contribution in [-0.2, 0) is 6.42 Å². The summed E-state index contributed by atoms with van der Waals surface area (Å²) in [4.78, 5) is 0. The molecule has 146 valence electrons. The first kappa shape index (κ1) is 20.2. The highest BCUT2D eigenvalue weighted by Gasteiger charge is 2.20. The maximum absolute atomic E-state index is 5.65. The van der Waals surface area contributed by atoms with Gasteiger partial charge in [-0.25, -0.2) is 0 Å². The molecule has 0 unspecified atom stereocenters. The Hall–Kier alpha value is -3.16. The van der Waals surface area contributed by atoms with E-state index >= 15 is 0 Å². The van der Waals surface area contributed by atoms with Crippen LogP contribution in [0.15, 0.2) is 34.5 Å². The molecular formula is C19H27N5O3. The Labute approximate surface area is 159 Å². The smallest absolute Gasteiger partial charge is 0.211 e. The molecule has 0 aliphatic heterocycles. The average Bonchev–Trinajstić information content (AvgIpc) is 3.01. The van der Waals surface area contributed by atoms with Crippen LogP contribution in [0, 0.1) is 5.92 Å². The maximum atomic E-state index is 5.65. The van der Waals surface area contributed by atoms with Crippen LogP contribution in [-0.4, -0.2) is 38.1 Å². The SMILES string of the molecule is COc1ccc(-n2c(C=NN=C(N)N)ccc2CC(C)C)c(OC)c1OC. The molecule has 0 aliphatic rings. The largest absolute Gasteiger partial charge is 0.493 e. The van der Waals surface area contributed by atoms with Crippen molar-refractivity contribution in [1.82, 2.24) is 4.57 Å². The molecule has 8 heteroatoms. The zero-order chi connectivity index (χ0) is 20.0. The zero-order valence-corrected chi connectivity index (χ0v) is 16.4. The number of methoxy groups -OCH3 is 3. The molecule has 4 N–H and O–H groups in total. The highest BCUT2D eigenvalue weighted by atomic mass is 16.5.